The molecule has 0 saturated heterocycles. The van der Waals surface area contributed by atoms with Gasteiger partial charge in [-0.25, -0.2) is 0 Å². The number of carbonyl (C=O) groups excluding carboxylic acids is 3. The molecule has 2 rings (SSSR count). The predicted molar refractivity (Wildman–Crippen MR) is 114 cm³/mol. The average molecular weight is 423 g/mol. The van der Waals surface area contributed by atoms with Gasteiger partial charge in [-0.3, -0.25) is 14.4 Å². The van der Waals surface area contributed by atoms with Gasteiger partial charge < -0.3 is 19.7 Å². The average Bonchev–Trinajstić information content (AvgIpc) is 2.74. The van der Waals surface area contributed by atoms with E-state index in [9.17, 15) is 14.4 Å². The Morgan fingerprint density at radius 1 is 1.14 bits per heavy atom. The van der Waals surface area contributed by atoms with Crippen LogP contribution < -0.4 is 10.1 Å². The Balaban J connectivity index is 1.67. The van der Waals surface area contributed by atoms with Crippen molar-refractivity contribution in [3.63, 3.8) is 0 Å². The molecule has 0 spiro atoms. The first-order valence-electron chi connectivity index (χ1n) is 9.88. The van der Waals surface area contributed by atoms with E-state index >= 15 is 0 Å². The Hall–Kier alpha value is -2.22. The number of nitrogens with zero attached hydrogens (tertiary/aromatic N) is 1. The van der Waals surface area contributed by atoms with E-state index in [0.29, 0.717) is 17.5 Å². The highest BCUT2D eigenvalue weighted by atomic mass is 32.2. The van der Waals surface area contributed by atoms with Crippen molar-refractivity contribution in [2.75, 3.05) is 31.0 Å². The predicted octanol–water partition coefficient (Wildman–Crippen LogP) is 3.09. The number of benzene rings is 1. The second-order valence-electron chi connectivity index (χ2n) is 7.14. The largest absolute Gasteiger partial charge is 0.497 e. The van der Waals surface area contributed by atoms with Crippen LogP contribution in [0.2, 0.25) is 0 Å². The first-order valence-corrected chi connectivity index (χ1v) is 11.0. The van der Waals surface area contributed by atoms with Gasteiger partial charge in [0.1, 0.15) is 5.75 Å². The highest BCUT2D eigenvalue weighted by Gasteiger charge is 2.23. The van der Waals surface area contributed by atoms with Gasteiger partial charge in [0, 0.05) is 18.8 Å². The van der Waals surface area contributed by atoms with E-state index in [-0.39, 0.29) is 17.4 Å². The quantitative estimate of drug-likeness (QED) is 0.616. The smallest absolute Gasteiger partial charge is 0.316 e. The Morgan fingerprint density at radius 2 is 1.79 bits per heavy atom. The summed E-state index contributed by atoms with van der Waals surface area (Å²) in [4.78, 5) is 38.2. The minimum absolute atomic E-state index is 0.0278. The van der Waals surface area contributed by atoms with Crippen molar-refractivity contribution < 1.29 is 23.9 Å². The van der Waals surface area contributed by atoms with Crippen molar-refractivity contribution >= 4 is 35.2 Å². The number of thioether (sulfide) groups is 1. The van der Waals surface area contributed by atoms with Crippen molar-refractivity contribution in [3.05, 3.63) is 24.3 Å². The van der Waals surface area contributed by atoms with E-state index in [2.05, 4.69) is 5.32 Å². The number of amides is 2. The van der Waals surface area contributed by atoms with Gasteiger partial charge in [-0.2, -0.15) is 0 Å². The summed E-state index contributed by atoms with van der Waals surface area (Å²) in [5.41, 5.74) is 0.587. The molecule has 0 heterocycles. The fourth-order valence-electron chi connectivity index (χ4n) is 3.20. The third kappa shape index (κ3) is 7.61. The second-order valence-corrected chi connectivity index (χ2v) is 8.12. The number of rotatable bonds is 9. The molecule has 7 nitrogen and oxygen atoms in total. The SMILES string of the molecule is COc1ccc(NC(=O)[C@H](C)OC(=O)CSCC(=O)N(C)C2CCCCC2)cc1. The molecule has 1 aliphatic carbocycles. The molecule has 1 aromatic rings. The highest BCUT2D eigenvalue weighted by molar-refractivity contribution is 8.00. The molecule has 1 atom stereocenters. The van der Waals surface area contributed by atoms with Crippen LogP contribution in [0.3, 0.4) is 0 Å². The number of hydrogen-bond donors (Lipinski definition) is 1. The van der Waals surface area contributed by atoms with Crippen LogP contribution in [-0.2, 0) is 19.1 Å². The Labute approximate surface area is 176 Å². The monoisotopic (exact) mass is 422 g/mol. The van der Waals surface area contributed by atoms with Crippen molar-refractivity contribution in [2.24, 2.45) is 0 Å². The third-order valence-electron chi connectivity index (χ3n) is 5.00. The van der Waals surface area contributed by atoms with Crippen LogP contribution in [0.5, 0.6) is 5.75 Å². The maximum absolute atomic E-state index is 12.3. The van der Waals surface area contributed by atoms with Gasteiger partial charge in [-0.05, 0) is 44.0 Å². The minimum Gasteiger partial charge on any atom is -0.497 e. The van der Waals surface area contributed by atoms with Gasteiger partial charge >= 0.3 is 5.97 Å². The lowest BCUT2D eigenvalue weighted by Crippen LogP contribution is -2.39. The van der Waals surface area contributed by atoms with Gasteiger partial charge in [0.2, 0.25) is 5.91 Å². The molecule has 1 fully saturated rings. The normalized spacial score (nSPS) is 15.3. The Morgan fingerprint density at radius 3 is 2.41 bits per heavy atom. The molecule has 0 aliphatic heterocycles. The van der Waals surface area contributed by atoms with E-state index in [1.165, 1.54) is 25.1 Å². The second kappa shape index (κ2) is 11.7. The molecule has 2 amide bonds. The zero-order chi connectivity index (χ0) is 21.2. The lowest BCUT2D eigenvalue weighted by Gasteiger charge is -2.31. The first kappa shape index (κ1) is 23.1. The van der Waals surface area contributed by atoms with Gasteiger partial charge in [-0.15, -0.1) is 11.8 Å². The molecule has 8 heteroatoms. The van der Waals surface area contributed by atoms with Gasteiger partial charge in [0.25, 0.3) is 5.91 Å². The molecular formula is C21H30N2O5S. The van der Waals surface area contributed by atoms with E-state index < -0.39 is 18.0 Å². The summed E-state index contributed by atoms with van der Waals surface area (Å²) in [5.74, 6) is 0.0455. The highest BCUT2D eigenvalue weighted by Crippen LogP contribution is 2.22. The van der Waals surface area contributed by atoms with Crippen molar-refractivity contribution in [3.8, 4) is 5.75 Å². The molecule has 1 aliphatic rings. The topological polar surface area (TPSA) is 84.9 Å². The maximum atomic E-state index is 12.3. The van der Waals surface area contributed by atoms with E-state index in [0.717, 1.165) is 25.7 Å². The fourth-order valence-corrected chi connectivity index (χ4v) is 3.91. The van der Waals surface area contributed by atoms with Crippen LogP contribution in [0.4, 0.5) is 5.69 Å². The molecule has 0 unspecified atom stereocenters. The van der Waals surface area contributed by atoms with Gasteiger partial charge in [0.15, 0.2) is 6.10 Å². The summed E-state index contributed by atoms with van der Waals surface area (Å²) in [7, 11) is 3.40. The van der Waals surface area contributed by atoms with Gasteiger partial charge in [-0.1, -0.05) is 19.3 Å². The summed E-state index contributed by atoms with van der Waals surface area (Å²) in [6.45, 7) is 1.52. The van der Waals surface area contributed by atoms with E-state index in [4.69, 9.17) is 9.47 Å². The van der Waals surface area contributed by atoms with Crippen molar-refractivity contribution in [2.45, 2.75) is 51.2 Å². The minimum atomic E-state index is -0.925. The molecule has 160 valence electrons. The molecule has 0 aromatic heterocycles. The van der Waals surface area contributed by atoms with Crippen LogP contribution in [0, 0.1) is 0 Å². The molecule has 0 radical (unpaired) electrons. The van der Waals surface area contributed by atoms with Crippen LogP contribution in [0.15, 0.2) is 24.3 Å². The summed E-state index contributed by atoms with van der Waals surface area (Å²) in [6.07, 6.45) is 4.75. The molecular weight excluding hydrogens is 392 g/mol. The summed E-state index contributed by atoms with van der Waals surface area (Å²) < 4.78 is 10.2. The standard InChI is InChI=1S/C21H30N2O5S/c1-15(21(26)22-16-9-11-18(27-3)12-10-16)28-20(25)14-29-13-19(24)23(2)17-7-5-4-6-8-17/h9-12,15,17H,4-8,13-14H2,1-3H3,(H,22,26)/t15-/m0/s1. The number of nitrogens with one attached hydrogen (secondary N) is 1. The molecule has 1 saturated carbocycles. The zero-order valence-electron chi connectivity index (χ0n) is 17.3. The first-order chi connectivity index (χ1) is 13.9. The Kier molecular flexibility index (Phi) is 9.31. The maximum Gasteiger partial charge on any atom is 0.316 e. The van der Waals surface area contributed by atoms with E-state index in [1.54, 1.807) is 31.4 Å². The lowest BCUT2D eigenvalue weighted by atomic mass is 9.94. The molecule has 1 aromatic carbocycles. The number of ether oxygens (including phenoxy) is 2. The molecule has 1 N–H and O–H groups in total. The van der Waals surface area contributed by atoms with Crippen LogP contribution >= 0.6 is 11.8 Å². The zero-order valence-corrected chi connectivity index (χ0v) is 18.1. The number of methoxy groups -OCH3 is 1. The van der Waals surface area contributed by atoms with Crippen LogP contribution in [-0.4, -0.2) is 60.5 Å². The summed E-state index contributed by atoms with van der Waals surface area (Å²) in [5, 5.41) is 2.68. The molecule has 29 heavy (non-hydrogen) atoms. The Bertz CT molecular complexity index is 689. The van der Waals surface area contributed by atoms with Crippen LogP contribution in [0.25, 0.3) is 0 Å². The number of esters is 1. The fraction of sp³-hybridized carbons (Fsp3) is 0.571. The summed E-state index contributed by atoms with van der Waals surface area (Å²) >= 11 is 1.21. The lowest BCUT2D eigenvalue weighted by molar-refractivity contribution is -0.150. The summed E-state index contributed by atoms with van der Waals surface area (Å²) in [6, 6.07) is 7.17. The van der Waals surface area contributed by atoms with E-state index in [1.807, 2.05) is 11.9 Å². The number of anilines is 1. The van der Waals surface area contributed by atoms with Crippen molar-refractivity contribution in [1.29, 1.82) is 0 Å². The van der Waals surface area contributed by atoms with Gasteiger partial charge in [0.05, 0.1) is 18.6 Å². The number of hydrogen-bond acceptors (Lipinski definition) is 6. The van der Waals surface area contributed by atoms with Crippen molar-refractivity contribution in [1.82, 2.24) is 4.90 Å². The molecule has 0 bridgehead atoms. The van der Waals surface area contributed by atoms with Crippen LogP contribution in [0.1, 0.15) is 39.0 Å². The third-order valence-corrected chi connectivity index (χ3v) is 5.89. The number of carbonyl (C=O) groups is 3.